The van der Waals surface area contributed by atoms with Crippen LogP contribution >= 0.6 is 0 Å². The van der Waals surface area contributed by atoms with Gasteiger partial charge in [0.15, 0.2) is 0 Å². The second-order valence-electron chi connectivity index (χ2n) is 5.85. The third-order valence-electron chi connectivity index (χ3n) is 4.33. The molecule has 0 spiro atoms. The van der Waals surface area contributed by atoms with Crippen molar-refractivity contribution in [1.29, 1.82) is 0 Å². The van der Waals surface area contributed by atoms with Crippen LogP contribution in [0, 0.1) is 5.92 Å². The summed E-state index contributed by atoms with van der Waals surface area (Å²) in [6.07, 6.45) is -2.12. The van der Waals surface area contributed by atoms with Gasteiger partial charge in [-0.2, -0.15) is 13.2 Å². The number of likely N-dealkylation sites (N-methyl/N-ethyl adjacent to an activating group) is 1. The van der Waals surface area contributed by atoms with Gasteiger partial charge in [-0.25, -0.2) is 0 Å². The highest BCUT2D eigenvalue weighted by Gasteiger charge is 2.48. The highest BCUT2D eigenvalue weighted by atomic mass is 19.4. The van der Waals surface area contributed by atoms with E-state index < -0.39 is 24.1 Å². The van der Waals surface area contributed by atoms with Gasteiger partial charge in [0.25, 0.3) is 0 Å². The molecule has 1 rings (SSSR count). The van der Waals surface area contributed by atoms with Crippen molar-refractivity contribution >= 4 is 5.97 Å². The molecule has 1 aliphatic rings. The Morgan fingerprint density at radius 1 is 1.43 bits per heavy atom. The predicted octanol–water partition coefficient (Wildman–Crippen LogP) is 2.49. The van der Waals surface area contributed by atoms with E-state index in [4.69, 9.17) is 0 Å². The lowest BCUT2D eigenvalue weighted by atomic mass is 9.84. The van der Waals surface area contributed by atoms with Gasteiger partial charge in [0.05, 0.1) is 6.42 Å². The Morgan fingerprint density at radius 3 is 2.62 bits per heavy atom. The smallest absolute Gasteiger partial charge is 0.390 e. The molecule has 124 valence electrons. The molecule has 0 heterocycles. The predicted molar refractivity (Wildman–Crippen MR) is 74.2 cm³/mol. The molecule has 21 heavy (non-hydrogen) atoms. The van der Waals surface area contributed by atoms with Crippen molar-refractivity contribution in [2.24, 2.45) is 5.92 Å². The van der Waals surface area contributed by atoms with Crippen LogP contribution in [-0.4, -0.2) is 54.4 Å². The second kappa shape index (κ2) is 7.45. The number of halogens is 3. The summed E-state index contributed by atoms with van der Waals surface area (Å²) in [5.74, 6) is -0.868. The van der Waals surface area contributed by atoms with E-state index in [1.165, 1.54) is 0 Å². The fourth-order valence-corrected chi connectivity index (χ4v) is 3.18. The van der Waals surface area contributed by atoms with Gasteiger partial charge >= 0.3 is 12.1 Å². The lowest BCUT2D eigenvalue weighted by molar-refractivity contribution is -0.146. The minimum atomic E-state index is -4.14. The summed E-state index contributed by atoms with van der Waals surface area (Å²) in [7, 11) is 1.65. The number of nitrogens with one attached hydrogen (secondary N) is 1. The van der Waals surface area contributed by atoms with Crippen molar-refractivity contribution < 1.29 is 23.1 Å². The molecule has 0 aromatic heterocycles. The van der Waals surface area contributed by atoms with Gasteiger partial charge in [-0.15, -0.1) is 0 Å². The number of rotatable bonds is 8. The van der Waals surface area contributed by atoms with Crippen LogP contribution in [0.15, 0.2) is 0 Å². The summed E-state index contributed by atoms with van der Waals surface area (Å²) >= 11 is 0. The third kappa shape index (κ3) is 5.14. The maximum atomic E-state index is 12.2. The Bertz CT molecular complexity index is 350. The van der Waals surface area contributed by atoms with Gasteiger partial charge in [0.2, 0.25) is 0 Å². The highest BCUT2D eigenvalue weighted by Crippen LogP contribution is 2.38. The Hall–Kier alpha value is -0.820. The zero-order chi connectivity index (χ0) is 16.1. The summed E-state index contributed by atoms with van der Waals surface area (Å²) in [6.45, 7) is 2.89. The summed E-state index contributed by atoms with van der Waals surface area (Å²) in [5.41, 5.74) is -0.903. The zero-order valence-corrected chi connectivity index (χ0v) is 12.7. The SMILES string of the molecule is CCNC1(C(=O)O)CCCC1CCN(C)CCC(F)(F)F. The quantitative estimate of drug-likeness (QED) is 0.723. The molecule has 0 amide bonds. The van der Waals surface area contributed by atoms with Crippen LogP contribution in [0.25, 0.3) is 0 Å². The number of carboxylic acids is 1. The van der Waals surface area contributed by atoms with Crippen LogP contribution < -0.4 is 5.32 Å². The topological polar surface area (TPSA) is 52.6 Å². The highest BCUT2D eigenvalue weighted by molar-refractivity contribution is 5.79. The van der Waals surface area contributed by atoms with Crippen molar-refractivity contribution in [2.75, 3.05) is 26.7 Å². The minimum absolute atomic E-state index is 0.0247. The van der Waals surface area contributed by atoms with E-state index in [0.29, 0.717) is 25.9 Å². The summed E-state index contributed by atoms with van der Waals surface area (Å²) in [5, 5.41) is 12.6. The van der Waals surface area contributed by atoms with Crippen LogP contribution in [0.3, 0.4) is 0 Å². The number of nitrogens with zero attached hydrogens (tertiary/aromatic N) is 1. The zero-order valence-electron chi connectivity index (χ0n) is 12.7. The van der Waals surface area contributed by atoms with E-state index >= 15 is 0 Å². The molecular formula is C14H25F3N2O2. The van der Waals surface area contributed by atoms with Gasteiger partial charge in [0, 0.05) is 6.54 Å². The van der Waals surface area contributed by atoms with Gasteiger partial charge < -0.3 is 15.3 Å². The van der Waals surface area contributed by atoms with Crippen molar-refractivity contribution in [3.05, 3.63) is 0 Å². The fourth-order valence-electron chi connectivity index (χ4n) is 3.18. The van der Waals surface area contributed by atoms with Crippen molar-refractivity contribution in [3.63, 3.8) is 0 Å². The van der Waals surface area contributed by atoms with E-state index in [1.807, 2.05) is 6.92 Å². The molecule has 0 aromatic carbocycles. The Labute approximate surface area is 123 Å². The van der Waals surface area contributed by atoms with Gasteiger partial charge in [-0.3, -0.25) is 4.79 Å². The molecular weight excluding hydrogens is 285 g/mol. The molecule has 0 saturated heterocycles. The van der Waals surface area contributed by atoms with E-state index in [9.17, 15) is 23.1 Å². The fraction of sp³-hybridized carbons (Fsp3) is 0.929. The summed E-state index contributed by atoms with van der Waals surface area (Å²) < 4.78 is 36.5. The third-order valence-corrected chi connectivity index (χ3v) is 4.33. The number of carboxylic acid groups (broad SMARTS) is 1. The van der Waals surface area contributed by atoms with E-state index in [2.05, 4.69) is 5.32 Å². The number of aliphatic carboxylic acids is 1. The van der Waals surface area contributed by atoms with Crippen LogP contribution in [-0.2, 0) is 4.79 Å². The Balaban J connectivity index is 2.51. The normalized spacial score (nSPS) is 26.5. The van der Waals surface area contributed by atoms with E-state index in [1.54, 1.807) is 11.9 Å². The first-order valence-electron chi connectivity index (χ1n) is 7.45. The van der Waals surface area contributed by atoms with Crippen molar-refractivity contribution in [2.45, 2.75) is 50.7 Å². The van der Waals surface area contributed by atoms with Gasteiger partial charge in [-0.05, 0) is 45.3 Å². The van der Waals surface area contributed by atoms with Crippen molar-refractivity contribution in [3.8, 4) is 0 Å². The molecule has 1 fully saturated rings. The molecule has 2 N–H and O–H groups in total. The lowest BCUT2D eigenvalue weighted by Gasteiger charge is -2.33. The van der Waals surface area contributed by atoms with Gasteiger partial charge in [0.1, 0.15) is 5.54 Å². The van der Waals surface area contributed by atoms with Crippen LogP contribution in [0.5, 0.6) is 0 Å². The largest absolute Gasteiger partial charge is 0.480 e. The molecule has 0 aromatic rings. The summed E-state index contributed by atoms with van der Waals surface area (Å²) in [4.78, 5) is 13.2. The van der Waals surface area contributed by atoms with E-state index in [0.717, 1.165) is 12.8 Å². The standard InChI is InChI=1S/C14H25F3N2O2/c1-3-18-13(12(20)21)7-4-5-11(13)6-9-19(2)10-8-14(15,16)17/h11,18H,3-10H2,1-2H3,(H,20,21). The number of carbonyl (C=O) groups is 1. The maximum absolute atomic E-state index is 12.2. The molecule has 0 aliphatic heterocycles. The molecule has 0 radical (unpaired) electrons. The minimum Gasteiger partial charge on any atom is -0.480 e. The van der Waals surface area contributed by atoms with Crippen LogP contribution in [0.4, 0.5) is 13.2 Å². The first-order chi connectivity index (χ1) is 9.71. The number of hydrogen-bond acceptors (Lipinski definition) is 3. The summed E-state index contributed by atoms with van der Waals surface area (Å²) in [6, 6.07) is 0. The monoisotopic (exact) mass is 310 g/mol. The lowest BCUT2D eigenvalue weighted by Crippen LogP contribution is -2.55. The molecule has 1 saturated carbocycles. The molecule has 2 unspecified atom stereocenters. The number of hydrogen-bond donors (Lipinski definition) is 2. The van der Waals surface area contributed by atoms with E-state index in [-0.39, 0.29) is 12.5 Å². The Kier molecular flexibility index (Phi) is 6.46. The van der Waals surface area contributed by atoms with Crippen molar-refractivity contribution in [1.82, 2.24) is 10.2 Å². The molecule has 2 atom stereocenters. The van der Waals surface area contributed by atoms with Crippen LogP contribution in [0.2, 0.25) is 0 Å². The maximum Gasteiger partial charge on any atom is 0.390 e. The first kappa shape index (κ1) is 18.2. The van der Waals surface area contributed by atoms with Crippen LogP contribution in [0.1, 0.15) is 39.0 Å². The average Bonchev–Trinajstić information content (AvgIpc) is 2.78. The molecule has 4 nitrogen and oxygen atoms in total. The second-order valence-corrected chi connectivity index (χ2v) is 5.85. The molecule has 0 bridgehead atoms. The van der Waals surface area contributed by atoms with Gasteiger partial charge in [-0.1, -0.05) is 13.3 Å². The first-order valence-corrected chi connectivity index (χ1v) is 7.45. The Morgan fingerprint density at radius 2 is 2.10 bits per heavy atom. The average molecular weight is 310 g/mol. The molecule has 7 heteroatoms. The number of alkyl halides is 3. The molecule has 1 aliphatic carbocycles.